The van der Waals surface area contributed by atoms with E-state index in [0.29, 0.717) is 22.8 Å². The van der Waals surface area contributed by atoms with Crippen molar-refractivity contribution in [2.24, 2.45) is 7.05 Å². The zero-order chi connectivity index (χ0) is 19.7. The number of hydrogen-bond donors (Lipinski definition) is 1. The van der Waals surface area contributed by atoms with Crippen molar-refractivity contribution in [1.29, 1.82) is 0 Å². The van der Waals surface area contributed by atoms with Crippen molar-refractivity contribution in [2.45, 2.75) is 6.92 Å². The number of benzene rings is 2. The number of amides is 1. The summed E-state index contributed by atoms with van der Waals surface area (Å²) < 4.78 is 16.8. The minimum absolute atomic E-state index is 0.291. The van der Waals surface area contributed by atoms with Crippen LogP contribution >= 0.6 is 0 Å². The lowest BCUT2D eigenvalue weighted by atomic mass is 10.2. The topological polar surface area (TPSA) is 51.9 Å². The molecule has 5 nitrogen and oxygen atoms in total. The second-order valence-corrected chi connectivity index (χ2v) is 6.63. The van der Waals surface area contributed by atoms with Gasteiger partial charge in [0.2, 0.25) is 0 Å². The number of rotatable bonds is 4. The maximum absolute atomic E-state index is 13.4. The standard InChI is InChI=1S/C22H19FN4O/c1-15-5-9-17(10-6-15)24-22(28)21-14-19(20-4-3-13-26(20)2)25-27(21)18-11-7-16(23)8-12-18/h3-14H,1-2H3,(H,24,28). The number of anilines is 1. The molecule has 4 aromatic rings. The average Bonchev–Trinajstić information content (AvgIpc) is 3.30. The van der Waals surface area contributed by atoms with Gasteiger partial charge < -0.3 is 9.88 Å². The van der Waals surface area contributed by atoms with Gasteiger partial charge in [-0.2, -0.15) is 5.10 Å². The van der Waals surface area contributed by atoms with Crippen molar-refractivity contribution < 1.29 is 9.18 Å². The lowest BCUT2D eigenvalue weighted by Gasteiger charge is -2.08. The molecule has 6 heteroatoms. The van der Waals surface area contributed by atoms with Gasteiger partial charge in [0.25, 0.3) is 5.91 Å². The fraction of sp³-hybridized carbons (Fsp3) is 0.0909. The van der Waals surface area contributed by atoms with E-state index in [0.717, 1.165) is 11.3 Å². The number of halogens is 1. The first-order chi connectivity index (χ1) is 13.5. The van der Waals surface area contributed by atoms with Gasteiger partial charge in [0.1, 0.15) is 17.2 Å². The normalized spacial score (nSPS) is 10.8. The van der Waals surface area contributed by atoms with Gasteiger partial charge >= 0.3 is 0 Å². The third kappa shape index (κ3) is 3.44. The molecule has 140 valence electrons. The van der Waals surface area contributed by atoms with E-state index >= 15 is 0 Å². The summed E-state index contributed by atoms with van der Waals surface area (Å²) in [6, 6.07) is 19.0. The fourth-order valence-electron chi connectivity index (χ4n) is 3.01. The van der Waals surface area contributed by atoms with E-state index in [1.165, 1.54) is 16.8 Å². The van der Waals surface area contributed by atoms with Gasteiger partial charge in [-0.25, -0.2) is 9.07 Å². The highest BCUT2D eigenvalue weighted by Crippen LogP contribution is 2.23. The molecule has 2 heterocycles. The molecule has 0 saturated carbocycles. The fourth-order valence-corrected chi connectivity index (χ4v) is 3.01. The molecule has 2 aromatic carbocycles. The zero-order valence-electron chi connectivity index (χ0n) is 15.6. The summed E-state index contributed by atoms with van der Waals surface area (Å²) in [6.07, 6.45) is 1.91. The lowest BCUT2D eigenvalue weighted by Crippen LogP contribution is -2.17. The Kier molecular flexibility index (Phi) is 4.53. The summed E-state index contributed by atoms with van der Waals surface area (Å²) in [6.45, 7) is 1.99. The van der Waals surface area contributed by atoms with Crippen molar-refractivity contribution in [3.05, 3.63) is 90.0 Å². The van der Waals surface area contributed by atoms with E-state index < -0.39 is 0 Å². The van der Waals surface area contributed by atoms with Crippen LogP contribution in [0, 0.1) is 12.7 Å². The van der Waals surface area contributed by atoms with E-state index in [4.69, 9.17) is 0 Å². The van der Waals surface area contributed by atoms with E-state index in [9.17, 15) is 9.18 Å². The van der Waals surface area contributed by atoms with Crippen LogP contribution in [0.4, 0.5) is 10.1 Å². The molecule has 0 radical (unpaired) electrons. The number of carbonyl (C=O) groups is 1. The quantitative estimate of drug-likeness (QED) is 0.569. The van der Waals surface area contributed by atoms with Crippen molar-refractivity contribution in [2.75, 3.05) is 5.32 Å². The van der Waals surface area contributed by atoms with Crippen LogP contribution in [0.3, 0.4) is 0 Å². The summed E-state index contributed by atoms with van der Waals surface area (Å²) in [5.41, 5.74) is 4.32. The number of carbonyl (C=O) groups excluding carboxylic acids is 1. The average molecular weight is 374 g/mol. The van der Waals surface area contributed by atoms with Crippen LogP contribution in [0.2, 0.25) is 0 Å². The van der Waals surface area contributed by atoms with Crippen LogP contribution in [0.5, 0.6) is 0 Å². The molecular weight excluding hydrogens is 355 g/mol. The van der Waals surface area contributed by atoms with Crippen LogP contribution in [0.1, 0.15) is 16.1 Å². The number of aromatic nitrogens is 3. The monoisotopic (exact) mass is 374 g/mol. The minimum atomic E-state index is -0.343. The highest BCUT2D eigenvalue weighted by molar-refractivity contribution is 6.04. The molecule has 4 rings (SSSR count). The highest BCUT2D eigenvalue weighted by Gasteiger charge is 2.19. The molecule has 0 unspecified atom stereocenters. The third-order valence-electron chi connectivity index (χ3n) is 4.53. The predicted molar refractivity (Wildman–Crippen MR) is 107 cm³/mol. The third-order valence-corrected chi connectivity index (χ3v) is 4.53. The van der Waals surface area contributed by atoms with Crippen LogP contribution < -0.4 is 5.32 Å². The highest BCUT2D eigenvalue weighted by atomic mass is 19.1. The Morgan fingerprint density at radius 3 is 2.39 bits per heavy atom. The number of aryl methyl sites for hydroxylation is 2. The van der Waals surface area contributed by atoms with Crippen LogP contribution in [-0.2, 0) is 7.05 Å². The number of nitrogens with one attached hydrogen (secondary N) is 1. The van der Waals surface area contributed by atoms with Gasteiger partial charge in [0, 0.05) is 18.9 Å². The molecule has 0 bridgehead atoms. The van der Waals surface area contributed by atoms with Gasteiger partial charge in [-0.3, -0.25) is 4.79 Å². The van der Waals surface area contributed by atoms with Gasteiger partial charge in [-0.05, 0) is 61.5 Å². The molecule has 0 aliphatic carbocycles. The summed E-state index contributed by atoms with van der Waals surface area (Å²) in [4.78, 5) is 13.0. The van der Waals surface area contributed by atoms with Crippen molar-refractivity contribution in [1.82, 2.24) is 14.3 Å². The molecule has 1 amide bonds. The first-order valence-electron chi connectivity index (χ1n) is 8.87. The van der Waals surface area contributed by atoms with Crippen LogP contribution in [0.25, 0.3) is 17.1 Å². The second kappa shape index (κ2) is 7.15. The number of nitrogens with zero attached hydrogens (tertiary/aromatic N) is 3. The van der Waals surface area contributed by atoms with Crippen LogP contribution in [-0.4, -0.2) is 20.3 Å². The van der Waals surface area contributed by atoms with E-state index in [1.54, 1.807) is 18.2 Å². The molecule has 0 atom stereocenters. The minimum Gasteiger partial charge on any atom is -0.349 e. The molecule has 0 fully saturated rings. The summed E-state index contributed by atoms with van der Waals surface area (Å²) in [5, 5.41) is 7.50. The van der Waals surface area contributed by atoms with Gasteiger partial charge in [0.15, 0.2) is 0 Å². The molecule has 0 spiro atoms. The maximum atomic E-state index is 13.4. The van der Waals surface area contributed by atoms with Crippen molar-refractivity contribution in [3.8, 4) is 17.1 Å². The molecule has 0 saturated heterocycles. The zero-order valence-corrected chi connectivity index (χ0v) is 15.6. The molecule has 0 aliphatic heterocycles. The second-order valence-electron chi connectivity index (χ2n) is 6.63. The Hall–Kier alpha value is -3.67. The summed E-state index contributed by atoms with van der Waals surface area (Å²) in [5.74, 6) is -0.634. The summed E-state index contributed by atoms with van der Waals surface area (Å²) in [7, 11) is 1.91. The Labute approximate surface area is 162 Å². The first kappa shape index (κ1) is 17.7. The van der Waals surface area contributed by atoms with Gasteiger partial charge in [0.05, 0.1) is 11.4 Å². The molecule has 1 N–H and O–H groups in total. The Morgan fingerprint density at radius 2 is 1.75 bits per heavy atom. The van der Waals surface area contributed by atoms with Gasteiger partial charge in [-0.1, -0.05) is 17.7 Å². The molecule has 2 aromatic heterocycles. The predicted octanol–water partition coefficient (Wildman–Crippen LogP) is 4.58. The van der Waals surface area contributed by atoms with Crippen molar-refractivity contribution in [3.63, 3.8) is 0 Å². The summed E-state index contributed by atoms with van der Waals surface area (Å²) >= 11 is 0. The largest absolute Gasteiger partial charge is 0.349 e. The molecule has 28 heavy (non-hydrogen) atoms. The SMILES string of the molecule is Cc1ccc(NC(=O)c2cc(-c3cccn3C)nn2-c2ccc(F)cc2)cc1. The van der Waals surface area contributed by atoms with Crippen molar-refractivity contribution >= 4 is 11.6 Å². The number of hydrogen-bond acceptors (Lipinski definition) is 2. The Bertz CT molecular complexity index is 1120. The van der Waals surface area contributed by atoms with Crippen LogP contribution in [0.15, 0.2) is 72.9 Å². The molecular formula is C22H19FN4O. The van der Waals surface area contributed by atoms with E-state index in [1.807, 2.05) is 61.1 Å². The van der Waals surface area contributed by atoms with E-state index in [-0.39, 0.29) is 11.7 Å². The Balaban J connectivity index is 1.76. The first-order valence-corrected chi connectivity index (χ1v) is 8.87. The smallest absolute Gasteiger partial charge is 0.274 e. The Morgan fingerprint density at radius 1 is 1.04 bits per heavy atom. The van der Waals surface area contributed by atoms with E-state index in [2.05, 4.69) is 10.4 Å². The molecule has 0 aliphatic rings. The lowest BCUT2D eigenvalue weighted by molar-refractivity contribution is 0.101. The maximum Gasteiger partial charge on any atom is 0.274 e. The van der Waals surface area contributed by atoms with Gasteiger partial charge in [-0.15, -0.1) is 0 Å².